The number of hydrogen-bond acceptors (Lipinski definition) is 4. The van der Waals surface area contributed by atoms with E-state index in [-0.39, 0.29) is 36.1 Å². The molecule has 2 aliphatic heterocycles. The molecule has 2 heterocycles. The summed E-state index contributed by atoms with van der Waals surface area (Å²) in [6, 6.07) is 4.59. The molecule has 2 fully saturated rings. The zero-order chi connectivity index (χ0) is 21.3. The van der Waals surface area contributed by atoms with Gasteiger partial charge in [-0.1, -0.05) is 18.2 Å². The van der Waals surface area contributed by atoms with Gasteiger partial charge < -0.3 is 15.3 Å². The second-order valence-corrected chi connectivity index (χ2v) is 10.3. The molecule has 0 spiro atoms. The van der Waals surface area contributed by atoms with E-state index in [2.05, 4.69) is 5.32 Å². The van der Waals surface area contributed by atoms with Crippen molar-refractivity contribution in [1.82, 2.24) is 10.2 Å². The predicted molar refractivity (Wildman–Crippen MR) is 101 cm³/mol. The van der Waals surface area contributed by atoms with Gasteiger partial charge >= 0.3 is 12.2 Å². The molecule has 1 aromatic rings. The summed E-state index contributed by atoms with van der Waals surface area (Å²) in [5, 5.41) is 12.7. The number of nitrogens with zero attached hydrogens (tertiary/aromatic N) is 1. The average molecular weight is 434 g/mol. The number of aliphatic hydroxyl groups excluding tert-OH is 1. The highest BCUT2D eigenvalue weighted by Gasteiger charge is 2.40. The summed E-state index contributed by atoms with van der Waals surface area (Å²) >= 11 is 0. The third-order valence-electron chi connectivity index (χ3n) is 5.89. The van der Waals surface area contributed by atoms with Crippen LogP contribution >= 0.6 is 0 Å². The van der Waals surface area contributed by atoms with Gasteiger partial charge in [0.2, 0.25) is 0 Å². The van der Waals surface area contributed by atoms with Gasteiger partial charge in [0, 0.05) is 31.2 Å². The molecule has 1 aromatic carbocycles. The molecule has 2 saturated heterocycles. The number of hydrogen-bond donors (Lipinski definition) is 2. The lowest BCUT2D eigenvalue weighted by Crippen LogP contribution is -2.51. The number of carbonyl (C=O) groups is 1. The molecule has 0 unspecified atom stereocenters. The Kier molecular flexibility index (Phi) is 6.14. The zero-order valence-corrected chi connectivity index (χ0v) is 16.7. The van der Waals surface area contributed by atoms with Crippen molar-refractivity contribution in [3.63, 3.8) is 0 Å². The van der Waals surface area contributed by atoms with E-state index in [0.29, 0.717) is 32.4 Å². The molecule has 6 nitrogen and oxygen atoms in total. The molecule has 0 aliphatic carbocycles. The minimum Gasteiger partial charge on any atom is -0.396 e. The van der Waals surface area contributed by atoms with Gasteiger partial charge in [-0.2, -0.15) is 13.2 Å². The standard InChI is InChI=1S/C19H25F3N2O4S/c20-19(21,22)16-4-2-1-3-14(16)11-18(13-25)6-8-24(9-7-18)17(26)23-15-5-10-29(27,28)12-15/h1-4,15,25H,5-13H2,(H,23,26)/t15-/m1/s1. The monoisotopic (exact) mass is 434 g/mol. The van der Waals surface area contributed by atoms with Crippen molar-refractivity contribution >= 4 is 15.9 Å². The molecule has 1 atom stereocenters. The third-order valence-corrected chi connectivity index (χ3v) is 7.66. The van der Waals surface area contributed by atoms with E-state index < -0.39 is 33.0 Å². The van der Waals surface area contributed by atoms with E-state index >= 15 is 0 Å². The van der Waals surface area contributed by atoms with E-state index in [1.807, 2.05) is 0 Å². The topological polar surface area (TPSA) is 86.7 Å². The summed E-state index contributed by atoms with van der Waals surface area (Å²) in [5.74, 6) is -0.00836. The van der Waals surface area contributed by atoms with Crippen LogP contribution in [-0.2, 0) is 22.4 Å². The minimum absolute atomic E-state index is 0.0597. The van der Waals surface area contributed by atoms with Crippen LogP contribution in [0.4, 0.5) is 18.0 Å². The Morgan fingerprint density at radius 3 is 2.45 bits per heavy atom. The highest BCUT2D eigenvalue weighted by Crippen LogP contribution is 2.39. The van der Waals surface area contributed by atoms with E-state index in [1.54, 1.807) is 6.07 Å². The van der Waals surface area contributed by atoms with E-state index in [4.69, 9.17) is 0 Å². The first kappa shape index (κ1) is 21.9. The van der Waals surface area contributed by atoms with Crippen LogP contribution in [0, 0.1) is 5.41 Å². The second kappa shape index (κ2) is 8.14. The Morgan fingerprint density at radius 1 is 1.24 bits per heavy atom. The van der Waals surface area contributed by atoms with Crippen LogP contribution in [0.3, 0.4) is 0 Å². The average Bonchev–Trinajstić information content (AvgIpc) is 3.00. The summed E-state index contributed by atoms with van der Waals surface area (Å²) in [6.07, 6.45) is -3.26. The summed E-state index contributed by atoms with van der Waals surface area (Å²) in [7, 11) is -3.10. The van der Waals surface area contributed by atoms with Crippen molar-refractivity contribution in [2.24, 2.45) is 5.41 Å². The molecule has 0 bridgehead atoms. The molecule has 0 saturated carbocycles. The maximum absolute atomic E-state index is 13.3. The smallest absolute Gasteiger partial charge is 0.396 e. The maximum atomic E-state index is 13.3. The summed E-state index contributed by atoms with van der Waals surface area (Å²) in [5.41, 5.74) is -1.28. The van der Waals surface area contributed by atoms with Gasteiger partial charge in [-0.15, -0.1) is 0 Å². The van der Waals surface area contributed by atoms with Crippen LogP contribution < -0.4 is 5.32 Å². The molecule has 162 valence electrons. The van der Waals surface area contributed by atoms with Crippen LogP contribution in [0.5, 0.6) is 0 Å². The van der Waals surface area contributed by atoms with E-state index in [1.165, 1.54) is 17.0 Å². The Morgan fingerprint density at radius 2 is 1.90 bits per heavy atom. The number of aliphatic hydroxyl groups is 1. The van der Waals surface area contributed by atoms with Gasteiger partial charge in [0.15, 0.2) is 9.84 Å². The van der Waals surface area contributed by atoms with Crippen molar-refractivity contribution in [2.75, 3.05) is 31.2 Å². The zero-order valence-electron chi connectivity index (χ0n) is 15.9. The number of alkyl halides is 3. The number of amides is 2. The minimum atomic E-state index is -4.46. The summed E-state index contributed by atoms with van der Waals surface area (Å²) < 4.78 is 62.9. The van der Waals surface area contributed by atoms with Crippen molar-refractivity contribution in [1.29, 1.82) is 0 Å². The fourth-order valence-electron chi connectivity index (χ4n) is 4.10. The lowest BCUT2D eigenvalue weighted by Gasteiger charge is -2.41. The number of sulfone groups is 1. The number of likely N-dealkylation sites (tertiary alicyclic amines) is 1. The molecule has 0 aromatic heterocycles. The van der Waals surface area contributed by atoms with Gasteiger partial charge in [0.25, 0.3) is 0 Å². The van der Waals surface area contributed by atoms with Crippen molar-refractivity contribution < 1.29 is 31.5 Å². The Hall–Kier alpha value is -1.81. The Balaban J connectivity index is 1.63. The fourth-order valence-corrected chi connectivity index (χ4v) is 5.78. The molecule has 2 amide bonds. The fraction of sp³-hybridized carbons (Fsp3) is 0.632. The molecule has 10 heteroatoms. The molecular formula is C19H25F3N2O4S. The van der Waals surface area contributed by atoms with Crippen molar-refractivity contribution in [3.8, 4) is 0 Å². The van der Waals surface area contributed by atoms with Gasteiger partial charge in [-0.3, -0.25) is 0 Å². The molecular weight excluding hydrogens is 409 g/mol. The van der Waals surface area contributed by atoms with Crippen molar-refractivity contribution in [3.05, 3.63) is 35.4 Å². The number of halogens is 3. The number of carbonyl (C=O) groups excluding carboxylic acids is 1. The first-order chi connectivity index (χ1) is 13.5. The van der Waals surface area contributed by atoms with Crippen LogP contribution in [0.2, 0.25) is 0 Å². The summed E-state index contributed by atoms with van der Waals surface area (Å²) in [4.78, 5) is 14.0. The third kappa shape index (κ3) is 5.22. The summed E-state index contributed by atoms with van der Waals surface area (Å²) in [6.45, 7) is 0.315. The largest absolute Gasteiger partial charge is 0.416 e. The number of piperidine rings is 1. The lowest BCUT2D eigenvalue weighted by atomic mass is 9.73. The number of benzene rings is 1. The Bertz CT molecular complexity index is 849. The predicted octanol–water partition coefficient (Wildman–Crippen LogP) is 2.22. The van der Waals surface area contributed by atoms with Crippen LogP contribution in [0.25, 0.3) is 0 Å². The first-order valence-electron chi connectivity index (χ1n) is 9.55. The Labute approximate surface area is 168 Å². The number of nitrogens with one attached hydrogen (secondary N) is 1. The highest BCUT2D eigenvalue weighted by molar-refractivity contribution is 7.91. The molecule has 2 aliphatic rings. The maximum Gasteiger partial charge on any atom is 0.416 e. The van der Waals surface area contributed by atoms with E-state index in [0.717, 1.165) is 6.07 Å². The molecule has 0 radical (unpaired) electrons. The van der Waals surface area contributed by atoms with Gasteiger partial charge in [-0.05, 0) is 37.3 Å². The van der Waals surface area contributed by atoms with Crippen molar-refractivity contribution in [2.45, 2.75) is 37.9 Å². The van der Waals surface area contributed by atoms with Crippen LogP contribution in [-0.4, -0.2) is 61.7 Å². The second-order valence-electron chi connectivity index (χ2n) is 8.03. The van der Waals surface area contributed by atoms with Crippen LogP contribution in [0.1, 0.15) is 30.4 Å². The van der Waals surface area contributed by atoms with E-state index in [9.17, 15) is 31.5 Å². The quantitative estimate of drug-likeness (QED) is 0.761. The number of rotatable bonds is 4. The molecule has 2 N–H and O–H groups in total. The SMILES string of the molecule is O=C(N[C@@H]1CCS(=O)(=O)C1)N1CCC(CO)(Cc2ccccc2C(F)(F)F)CC1. The lowest BCUT2D eigenvalue weighted by molar-refractivity contribution is -0.138. The molecule has 3 rings (SSSR count). The highest BCUT2D eigenvalue weighted by atomic mass is 32.2. The normalized spacial score (nSPS) is 23.7. The van der Waals surface area contributed by atoms with Gasteiger partial charge in [0.1, 0.15) is 0 Å². The van der Waals surface area contributed by atoms with Crippen LogP contribution in [0.15, 0.2) is 24.3 Å². The van der Waals surface area contributed by atoms with Gasteiger partial charge in [-0.25, -0.2) is 13.2 Å². The van der Waals surface area contributed by atoms with Gasteiger partial charge in [0.05, 0.1) is 17.1 Å². The number of urea groups is 1. The first-order valence-corrected chi connectivity index (χ1v) is 11.4. The molecule has 29 heavy (non-hydrogen) atoms.